The molecule has 124 valence electrons. The van der Waals surface area contributed by atoms with E-state index < -0.39 is 0 Å². The molecule has 0 aliphatic rings. The summed E-state index contributed by atoms with van der Waals surface area (Å²) in [5.41, 5.74) is 3.20. The zero-order valence-corrected chi connectivity index (χ0v) is 13.7. The van der Waals surface area contributed by atoms with Gasteiger partial charge in [-0.25, -0.2) is 9.67 Å². The summed E-state index contributed by atoms with van der Waals surface area (Å²) in [6.45, 7) is 0. The first-order valence-electron chi connectivity index (χ1n) is 8.45. The summed E-state index contributed by atoms with van der Waals surface area (Å²) in [6.07, 6.45) is 12.6. The minimum Gasteiger partial charge on any atom is -0.342 e. The molecule has 0 saturated heterocycles. The van der Waals surface area contributed by atoms with Crippen LogP contribution in [0.3, 0.4) is 0 Å². The van der Waals surface area contributed by atoms with Gasteiger partial charge in [-0.05, 0) is 36.6 Å². The van der Waals surface area contributed by atoms with Gasteiger partial charge in [0.25, 0.3) is 0 Å². The van der Waals surface area contributed by atoms with E-state index in [1.54, 1.807) is 6.20 Å². The lowest BCUT2D eigenvalue weighted by Crippen LogP contribution is -1.93. The first-order valence-corrected chi connectivity index (χ1v) is 8.45. The second-order valence-electron chi connectivity index (χ2n) is 5.86. The Balaban J connectivity index is 1.54. The molecular weight excluding hydrogens is 300 g/mol. The number of aryl methyl sites for hydroxylation is 1. The molecule has 0 radical (unpaired) electrons. The third-order valence-electron chi connectivity index (χ3n) is 4.06. The topological polar surface area (TPSA) is 63.6 Å². The van der Waals surface area contributed by atoms with Gasteiger partial charge in [0.05, 0.1) is 17.6 Å². The number of benzene rings is 1. The smallest absolute Gasteiger partial charge is 0.119 e. The molecule has 3 aromatic rings. The molecule has 0 aliphatic carbocycles. The summed E-state index contributed by atoms with van der Waals surface area (Å²) >= 11 is 0. The fourth-order valence-corrected chi connectivity index (χ4v) is 2.73. The van der Waals surface area contributed by atoms with Gasteiger partial charge in [0, 0.05) is 25.2 Å². The van der Waals surface area contributed by atoms with Gasteiger partial charge in [-0.3, -0.25) is 0 Å². The van der Waals surface area contributed by atoms with Crippen LogP contribution in [-0.4, -0.2) is 26.0 Å². The molecule has 0 spiro atoms. The second kappa shape index (κ2) is 8.24. The van der Waals surface area contributed by atoms with Crippen molar-refractivity contribution in [3.8, 4) is 16.9 Å². The molecule has 1 aromatic carbocycles. The van der Waals surface area contributed by atoms with Crippen molar-refractivity contribution >= 4 is 6.29 Å². The van der Waals surface area contributed by atoms with Gasteiger partial charge < -0.3 is 9.78 Å². The van der Waals surface area contributed by atoms with Crippen LogP contribution in [0.2, 0.25) is 0 Å². The highest BCUT2D eigenvalue weighted by molar-refractivity contribution is 5.60. The third kappa shape index (κ3) is 4.19. The molecule has 0 unspecified atom stereocenters. The van der Waals surface area contributed by atoms with E-state index in [9.17, 15) is 4.79 Å². The predicted molar refractivity (Wildman–Crippen MR) is 94.0 cm³/mol. The summed E-state index contributed by atoms with van der Waals surface area (Å²) in [5, 5.41) is 4.23. The highest BCUT2D eigenvalue weighted by Gasteiger charge is 2.04. The number of unbranched alkanes of at least 4 members (excludes halogenated alkanes) is 4. The predicted octanol–water partition coefficient (Wildman–Crippen LogP) is 3.95. The second-order valence-corrected chi connectivity index (χ2v) is 5.86. The van der Waals surface area contributed by atoms with Crippen LogP contribution in [-0.2, 0) is 11.2 Å². The normalized spacial score (nSPS) is 10.8. The van der Waals surface area contributed by atoms with Crippen LogP contribution in [0, 0.1) is 0 Å². The van der Waals surface area contributed by atoms with E-state index in [1.165, 1.54) is 0 Å². The number of imidazole rings is 1. The molecular formula is C19H22N4O. The summed E-state index contributed by atoms with van der Waals surface area (Å²) in [6, 6.07) is 10.2. The molecule has 0 atom stereocenters. The maximum atomic E-state index is 10.3. The molecule has 2 heterocycles. The Morgan fingerprint density at radius 1 is 1.08 bits per heavy atom. The summed E-state index contributed by atoms with van der Waals surface area (Å²) in [5.74, 6) is 1.02. The number of aromatic amines is 1. The van der Waals surface area contributed by atoms with Gasteiger partial charge in [-0.15, -0.1) is 0 Å². The number of H-pyrrole nitrogens is 1. The van der Waals surface area contributed by atoms with Crippen LogP contribution in [0.25, 0.3) is 16.9 Å². The number of nitrogens with one attached hydrogen (secondary N) is 1. The maximum absolute atomic E-state index is 10.3. The average Bonchev–Trinajstić information content (AvgIpc) is 3.30. The first-order chi connectivity index (χ1) is 11.9. The first kappa shape index (κ1) is 16.2. The summed E-state index contributed by atoms with van der Waals surface area (Å²) in [7, 11) is 0. The highest BCUT2D eigenvalue weighted by Crippen LogP contribution is 2.19. The van der Waals surface area contributed by atoms with Crippen molar-refractivity contribution in [2.45, 2.75) is 38.5 Å². The summed E-state index contributed by atoms with van der Waals surface area (Å²) in [4.78, 5) is 18.1. The molecule has 0 bridgehead atoms. The molecule has 5 heteroatoms. The van der Waals surface area contributed by atoms with Crippen LogP contribution in [0.5, 0.6) is 0 Å². The average molecular weight is 322 g/mol. The van der Waals surface area contributed by atoms with E-state index in [2.05, 4.69) is 39.3 Å². The number of hydrogen-bond donors (Lipinski definition) is 1. The number of rotatable bonds is 9. The van der Waals surface area contributed by atoms with Gasteiger partial charge >= 0.3 is 0 Å². The fourth-order valence-electron chi connectivity index (χ4n) is 2.73. The number of carbonyl (C=O) groups excluding carboxylic acids is 1. The van der Waals surface area contributed by atoms with Crippen molar-refractivity contribution in [3.05, 3.63) is 54.7 Å². The Labute approximate surface area is 141 Å². The van der Waals surface area contributed by atoms with Crippen molar-refractivity contribution in [1.82, 2.24) is 19.7 Å². The van der Waals surface area contributed by atoms with E-state index in [4.69, 9.17) is 0 Å². The lowest BCUT2D eigenvalue weighted by Gasteiger charge is -2.03. The number of aromatic nitrogens is 4. The van der Waals surface area contributed by atoms with Crippen LogP contribution >= 0.6 is 0 Å². The zero-order chi connectivity index (χ0) is 16.6. The highest BCUT2D eigenvalue weighted by atomic mass is 16.1. The van der Waals surface area contributed by atoms with Gasteiger partial charge in [-0.1, -0.05) is 25.0 Å². The molecule has 3 rings (SSSR count). The van der Waals surface area contributed by atoms with Crippen molar-refractivity contribution in [3.63, 3.8) is 0 Å². The monoisotopic (exact) mass is 322 g/mol. The third-order valence-corrected chi connectivity index (χ3v) is 4.06. The van der Waals surface area contributed by atoms with E-state index in [1.807, 2.05) is 23.1 Å². The quantitative estimate of drug-likeness (QED) is 0.479. The van der Waals surface area contributed by atoms with Crippen molar-refractivity contribution in [1.29, 1.82) is 0 Å². The van der Waals surface area contributed by atoms with E-state index >= 15 is 0 Å². The molecule has 1 N–H and O–H groups in total. The molecule has 5 nitrogen and oxygen atoms in total. The standard InChI is InChI=1S/C19H22N4O/c24-14-5-3-1-2-4-7-19-20-15-18(22-19)16-8-10-17(11-9-16)23-13-6-12-21-23/h6,8-15H,1-5,7H2,(H,20,22). The lowest BCUT2D eigenvalue weighted by atomic mass is 10.1. The number of hydrogen-bond acceptors (Lipinski definition) is 3. The minimum atomic E-state index is 0.680. The number of aldehydes is 1. The fraction of sp³-hybridized carbons (Fsp3) is 0.316. The Hall–Kier alpha value is -2.69. The maximum Gasteiger partial charge on any atom is 0.119 e. The van der Waals surface area contributed by atoms with Crippen LogP contribution < -0.4 is 0 Å². The number of nitrogens with zero attached hydrogens (tertiary/aromatic N) is 3. The van der Waals surface area contributed by atoms with Gasteiger partial charge in [-0.2, -0.15) is 5.10 Å². The Morgan fingerprint density at radius 3 is 2.67 bits per heavy atom. The Kier molecular flexibility index (Phi) is 5.56. The molecule has 24 heavy (non-hydrogen) atoms. The van der Waals surface area contributed by atoms with E-state index in [0.717, 1.165) is 61.2 Å². The van der Waals surface area contributed by atoms with Gasteiger partial charge in [0.15, 0.2) is 0 Å². The van der Waals surface area contributed by atoms with Gasteiger partial charge in [0.2, 0.25) is 0 Å². The number of carbonyl (C=O) groups is 1. The Bertz CT molecular complexity index is 744. The molecule has 0 saturated carbocycles. The largest absolute Gasteiger partial charge is 0.342 e. The molecule has 0 fully saturated rings. The summed E-state index contributed by atoms with van der Waals surface area (Å²) < 4.78 is 1.84. The molecule has 0 aliphatic heterocycles. The molecule has 2 aromatic heterocycles. The van der Waals surface area contributed by atoms with E-state index in [0.29, 0.717) is 6.42 Å². The lowest BCUT2D eigenvalue weighted by molar-refractivity contribution is -0.107. The SMILES string of the molecule is O=CCCCCCCc1ncc(-c2ccc(-n3cccn3)cc2)[nH]1. The van der Waals surface area contributed by atoms with Gasteiger partial charge in [0.1, 0.15) is 12.1 Å². The van der Waals surface area contributed by atoms with Crippen LogP contribution in [0.4, 0.5) is 0 Å². The van der Waals surface area contributed by atoms with Crippen LogP contribution in [0.15, 0.2) is 48.9 Å². The van der Waals surface area contributed by atoms with Crippen molar-refractivity contribution in [2.24, 2.45) is 0 Å². The van der Waals surface area contributed by atoms with Crippen LogP contribution in [0.1, 0.15) is 37.9 Å². The minimum absolute atomic E-state index is 0.680. The van der Waals surface area contributed by atoms with E-state index in [-0.39, 0.29) is 0 Å². The Morgan fingerprint density at radius 2 is 1.92 bits per heavy atom. The zero-order valence-electron chi connectivity index (χ0n) is 13.7. The molecule has 0 amide bonds. The van der Waals surface area contributed by atoms with Crippen molar-refractivity contribution < 1.29 is 4.79 Å². The van der Waals surface area contributed by atoms with Crippen molar-refractivity contribution in [2.75, 3.05) is 0 Å².